The van der Waals surface area contributed by atoms with Crippen LogP contribution in [0.2, 0.25) is 0 Å². The van der Waals surface area contributed by atoms with Gasteiger partial charge in [-0.05, 0) is 32.9 Å². The molecule has 2 heterocycles. The van der Waals surface area contributed by atoms with Gasteiger partial charge in [-0.1, -0.05) is 11.3 Å². The highest BCUT2D eigenvalue weighted by Gasteiger charge is 2.31. The summed E-state index contributed by atoms with van der Waals surface area (Å²) >= 11 is 0.942. The number of carbonyl (C=O) groups is 1. The fourth-order valence-corrected chi connectivity index (χ4v) is 2.94. The van der Waals surface area contributed by atoms with Crippen LogP contribution < -0.4 is 5.32 Å². The number of hydrogen-bond acceptors (Lipinski definition) is 5. The second-order valence-electron chi connectivity index (χ2n) is 5.00. The highest BCUT2D eigenvalue weighted by Crippen LogP contribution is 2.27. The minimum atomic E-state index is -0.463. The Morgan fingerprint density at radius 2 is 2.11 bits per heavy atom. The highest BCUT2D eigenvalue weighted by atomic mass is 32.1. The van der Waals surface area contributed by atoms with Crippen LogP contribution in [0.15, 0.2) is 12.1 Å². The van der Waals surface area contributed by atoms with Crippen LogP contribution in [0.5, 0.6) is 0 Å². The third-order valence-corrected chi connectivity index (χ3v) is 4.77. The SMILES string of the molecule is CNC1(C)CCN(C(=O)c2ccc([N+](=O)[O-])s2)CC1. The molecule has 0 unspecified atom stereocenters. The predicted molar refractivity (Wildman–Crippen MR) is 73.6 cm³/mol. The minimum absolute atomic E-state index is 0.0143. The summed E-state index contributed by atoms with van der Waals surface area (Å²) in [5, 5.41) is 13.9. The molecule has 0 spiro atoms. The molecule has 1 aromatic heterocycles. The number of nitrogens with zero attached hydrogens (tertiary/aromatic N) is 2. The van der Waals surface area contributed by atoms with Crippen molar-refractivity contribution in [2.24, 2.45) is 0 Å². The second-order valence-corrected chi connectivity index (χ2v) is 6.06. The van der Waals surface area contributed by atoms with E-state index in [0.29, 0.717) is 18.0 Å². The summed E-state index contributed by atoms with van der Waals surface area (Å²) in [6.45, 7) is 3.51. The van der Waals surface area contributed by atoms with Crippen molar-refractivity contribution in [1.29, 1.82) is 0 Å². The van der Waals surface area contributed by atoms with Crippen LogP contribution in [0.25, 0.3) is 0 Å². The summed E-state index contributed by atoms with van der Waals surface area (Å²) in [6.07, 6.45) is 1.78. The fraction of sp³-hybridized carbons (Fsp3) is 0.583. The molecule has 6 nitrogen and oxygen atoms in total. The van der Waals surface area contributed by atoms with Gasteiger partial charge in [-0.3, -0.25) is 14.9 Å². The van der Waals surface area contributed by atoms with E-state index in [4.69, 9.17) is 0 Å². The molecular formula is C12H17N3O3S. The van der Waals surface area contributed by atoms with Gasteiger partial charge in [0.05, 0.1) is 9.80 Å². The summed E-state index contributed by atoms with van der Waals surface area (Å²) < 4.78 is 0. The fourth-order valence-electron chi connectivity index (χ4n) is 2.15. The molecule has 0 aliphatic carbocycles. The first-order valence-corrected chi connectivity index (χ1v) is 6.99. The van der Waals surface area contributed by atoms with Crippen molar-refractivity contribution in [1.82, 2.24) is 10.2 Å². The van der Waals surface area contributed by atoms with Gasteiger partial charge in [-0.2, -0.15) is 0 Å². The first-order chi connectivity index (χ1) is 8.95. The van der Waals surface area contributed by atoms with E-state index >= 15 is 0 Å². The number of likely N-dealkylation sites (tertiary alicyclic amines) is 1. The Bertz CT molecular complexity index is 492. The van der Waals surface area contributed by atoms with Crippen LogP contribution in [-0.2, 0) is 0 Å². The zero-order chi connectivity index (χ0) is 14.0. The minimum Gasteiger partial charge on any atom is -0.338 e. The van der Waals surface area contributed by atoms with Crippen LogP contribution in [0.3, 0.4) is 0 Å². The molecule has 1 fully saturated rings. The Kier molecular flexibility index (Phi) is 3.86. The molecular weight excluding hydrogens is 266 g/mol. The molecule has 1 aliphatic heterocycles. The third kappa shape index (κ3) is 2.93. The quantitative estimate of drug-likeness (QED) is 0.678. The summed E-state index contributed by atoms with van der Waals surface area (Å²) in [5.74, 6) is -0.101. The van der Waals surface area contributed by atoms with Crippen molar-refractivity contribution in [3.8, 4) is 0 Å². The monoisotopic (exact) mass is 283 g/mol. The maximum Gasteiger partial charge on any atom is 0.324 e. The van der Waals surface area contributed by atoms with Crippen LogP contribution in [0, 0.1) is 10.1 Å². The Morgan fingerprint density at radius 3 is 2.58 bits per heavy atom. The normalized spacial score (nSPS) is 18.3. The number of nitrogens with one attached hydrogen (secondary N) is 1. The zero-order valence-corrected chi connectivity index (χ0v) is 11.8. The molecule has 19 heavy (non-hydrogen) atoms. The lowest BCUT2D eigenvalue weighted by molar-refractivity contribution is -0.380. The lowest BCUT2D eigenvalue weighted by atomic mass is 9.90. The standard InChI is InChI=1S/C12H17N3O3S/c1-12(13-2)5-7-14(8-6-12)11(16)9-3-4-10(19-9)15(17)18/h3-4,13H,5-8H2,1-2H3. The molecule has 0 saturated carbocycles. The smallest absolute Gasteiger partial charge is 0.324 e. The molecule has 2 rings (SSSR count). The van der Waals surface area contributed by atoms with Crippen molar-refractivity contribution in [3.05, 3.63) is 27.1 Å². The van der Waals surface area contributed by atoms with Crippen LogP contribution >= 0.6 is 11.3 Å². The Labute approximate surface area is 115 Å². The van der Waals surface area contributed by atoms with E-state index in [9.17, 15) is 14.9 Å². The number of carbonyl (C=O) groups excluding carboxylic acids is 1. The van der Waals surface area contributed by atoms with E-state index < -0.39 is 4.92 Å². The van der Waals surface area contributed by atoms with Gasteiger partial charge < -0.3 is 10.2 Å². The zero-order valence-electron chi connectivity index (χ0n) is 11.0. The topological polar surface area (TPSA) is 75.5 Å². The van der Waals surface area contributed by atoms with Gasteiger partial charge in [0.25, 0.3) is 5.91 Å². The van der Waals surface area contributed by atoms with E-state index in [1.807, 2.05) is 7.05 Å². The molecule has 7 heteroatoms. The molecule has 1 amide bonds. The Hall–Kier alpha value is -1.47. The summed E-state index contributed by atoms with van der Waals surface area (Å²) in [6, 6.07) is 2.93. The molecule has 104 valence electrons. The summed E-state index contributed by atoms with van der Waals surface area (Å²) in [4.78, 5) is 24.6. The van der Waals surface area contributed by atoms with E-state index in [0.717, 1.165) is 24.2 Å². The average Bonchev–Trinajstić information content (AvgIpc) is 2.88. The van der Waals surface area contributed by atoms with Gasteiger partial charge in [0.2, 0.25) is 0 Å². The maximum absolute atomic E-state index is 12.2. The Balaban J connectivity index is 2.03. The number of thiophene rings is 1. The number of nitro groups is 1. The molecule has 1 saturated heterocycles. The van der Waals surface area contributed by atoms with Crippen molar-refractivity contribution in [3.63, 3.8) is 0 Å². The van der Waals surface area contributed by atoms with Gasteiger partial charge in [-0.15, -0.1) is 0 Å². The molecule has 1 aliphatic rings. The largest absolute Gasteiger partial charge is 0.338 e. The predicted octanol–water partition coefficient (Wildman–Crippen LogP) is 1.87. The van der Waals surface area contributed by atoms with E-state index in [1.165, 1.54) is 12.1 Å². The van der Waals surface area contributed by atoms with Crippen molar-refractivity contribution >= 4 is 22.2 Å². The second kappa shape index (κ2) is 5.26. The molecule has 1 aromatic rings. The average molecular weight is 283 g/mol. The number of piperidine rings is 1. The van der Waals surface area contributed by atoms with Gasteiger partial charge in [0.1, 0.15) is 0 Å². The van der Waals surface area contributed by atoms with E-state index in [2.05, 4.69) is 12.2 Å². The lowest BCUT2D eigenvalue weighted by Crippen LogP contribution is -2.51. The van der Waals surface area contributed by atoms with Gasteiger partial charge in [0.15, 0.2) is 0 Å². The number of amides is 1. The van der Waals surface area contributed by atoms with E-state index in [-0.39, 0.29) is 16.4 Å². The highest BCUT2D eigenvalue weighted by molar-refractivity contribution is 7.17. The Morgan fingerprint density at radius 1 is 1.47 bits per heavy atom. The molecule has 0 aromatic carbocycles. The lowest BCUT2D eigenvalue weighted by Gasteiger charge is -2.39. The van der Waals surface area contributed by atoms with Crippen LogP contribution in [0.4, 0.5) is 5.00 Å². The number of rotatable bonds is 3. The van der Waals surface area contributed by atoms with Crippen molar-refractivity contribution in [2.75, 3.05) is 20.1 Å². The van der Waals surface area contributed by atoms with Crippen LogP contribution in [0.1, 0.15) is 29.4 Å². The molecule has 0 radical (unpaired) electrons. The van der Waals surface area contributed by atoms with Gasteiger partial charge in [-0.25, -0.2) is 0 Å². The third-order valence-electron chi connectivity index (χ3n) is 3.74. The first-order valence-electron chi connectivity index (χ1n) is 6.17. The molecule has 1 N–H and O–H groups in total. The maximum atomic E-state index is 12.2. The summed E-state index contributed by atoms with van der Waals surface area (Å²) in [5.41, 5.74) is 0.0816. The van der Waals surface area contributed by atoms with Crippen LogP contribution in [-0.4, -0.2) is 41.4 Å². The van der Waals surface area contributed by atoms with E-state index in [1.54, 1.807) is 4.90 Å². The molecule has 0 atom stereocenters. The first kappa shape index (κ1) is 14.0. The van der Waals surface area contributed by atoms with Gasteiger partial charge >= 0.3 is 5.00 Å². The number of hydrogen-bond donors (Lipinski definition) is 1. The van der Waals surface area contributed by atoms with Crippen molar-refractivity contribution in [2.45, 2.75) is 25.3 Å². The summed E-state index contributed by atoms with van der Waals surface area (Å²) in [7, 11) is 1.93. The van der Waals surface area contributed by atoms with Gasteiger partial charge in [0, 0.05) is 24.7 Å². The van der Waals surface area contributed by atoms with Crippen molar-refractivity contribution < 1.29 is 9.72 Å². The molecule has 0 bridgehead atoms.